The third-order valence-corrected chi connectivity index (χ3v) is 3.90. The second kappa shape index (κ2) is 6.12. The SMILES string of the molecule is Fc1cccc(CNc2ccc(-c3ncnc4[nH]ccc34)cc2)c1. The van der Waals surface area contributed by atoms with Crippen LogP contribution in [0.5, 0.6) is 0 Å². The average Bonchev–Trinajstić information content (AvgIpc) is 3.09. The third kappa shape index (κ3) is 2.84. The van der Waals surface area contributed by atoms with Gasteiger partial charge in [0.2, 0.25) is 0 Å². The zero-order valence-corrected chi connectivity index (χ0v) is 12.8. The zero-order valence-electron chi connectivity index (χ0n) is 12.8. The van der Waals surface area contributed by atoms with Crippen LogP contribution < -0.4 is 5.32 Å². The number of fused-ring (bicyclic) bond motifs is 1. The number of hydrogen-bond donors (Lipinski definition) is 2. The lowest BCUT2D eigenvalue weighted by molar-refractivity contribution is 0.626. The number of halogens is 1. The first-order chi connectivity index (χ1) is 11.8. The summed E-state index contributed by atoms with van der Waals surface area (Å²) in [6.07, 6.45) is 3.42. The Morgan fingerprint density at radius 2 is 1.88 bits per heavy atom. The first-order valence-corrected chi connectivity index (χ1v) is 7.66. The Hall–Kier alpha value is -3.21. The van der Waals surface area contributed by atoms with Gasteiger partial charge in [-0.05, 0) is 35.9 Å². The molecule has 0 aliphatic heterocycles. The summed E-state index contributed by atoms with van der Waals surface area (Å²) in [5, 5.41) is 4.29. The highest BCUT2D eigenvalue weighted by Crippen LogP contribution is 2.25. The van der Waals surface area contributed by atoms with E-state index in [0.717, 1.165) is 33.5 Å². The topological polar surface area (TPSA) is 53.6 Å². The van der Waals surface area contributed by atoms with Crippen molar-refractivity contribution in [3.05, 3.63) is 78.5 Å². The van der Waals surface area contributed by atoms with Gasteiger partial charge >= 0.3 is 0 Å². The number of aromatic nitrogens is 3. The summed E-state index contributed by atoms with van der Waals surface area (Å²) in [6.45, 7) is 0.576. The predicted molar refractivity (Wildman–Crippen MR) is 93.1 cm³/mol. The van der Waals surface area contributed by atoms with Crippen molar-refractivity contribution in [2.75, 3.05) is 5.32 Å². The monoisotopic (exact) mass is 318 g/mol. The molecule has 2 aromatic heterocycles. The zero-order chi connectivity index (χ0) is 16.4. The summed E-state index contributed by atoms with van der Waals surface area (Å²) in [4.78, 5) is 11.7. The summed E-state index contributed by atoms with van der Waals surface area (Å²) in [5.74, 6) is -0.219. The molecule has 0 spiro atoms. The second-order valence-electron chi connectivity index (χ2n) is 5.52. The summed E-state index contributed by atoms with van der Waals surface area (Å²) in [6, 6.07) is 16.6. The van der Waals surface area contributed by atoms with Gasteiger partial charge in [0.05, 0.1) is 5.69 Å². The van der Waals surface area contributed by atoms with Crippen molar-refractivity contribution < 1.29 is 4.39 Å². The Balaban J connectivity index is 1.53. The number of aromatic amines is 1. The van der Waals surface area contributed by atoms with Gasteiger partial charge in [-0.15, -0.1) is 0 Å². The maximum absolute atomic E-state index is 13.2. The van der Waals surface area contributed by atoms with E-state index < -0.39 is 0 Å². The van der Waals surface area contributed by atoms with Crippen LogP contribution in [0.3, 0.4) is 0 Å². The Kier molecular flexibility index (Phi) is 3.67. The minimum Gasteiger partial charge on any atom is -0.381 e. The summed E-state index contributed by atoms with van der Waals surface area (Å²) >= 11 is 0. The number of hydrogen-bond acceptors (Lipinski definition) is 3. The number of anilines is 1. The highest BCUT2D eigenvalue weighted by Gasteiger charge is 2.06. The van der Waals surface area contributed by atoms with Gasteiger partial charge in [0.1, 0.15) is 17.8 Å². The van der Waals surface area contributed by atoms with Crippen LogP contribution in [0, 0.1) is 5.82 Å². The molecule has 0 amide bonds. The molecule has 4 nitrogen and oxygen atoms in total. The van der Waals surface area contributed by atoms with Gasteiger partial charge < -0.3 is 10.3 Å². The van der Waals surface area contributed by atoms with Gasteiger partial charge in [0, 0.05) is 29.4 Å². The van der Waals surface area contributed by atoms with Crippen LogP contribution in [-0.4, -0.2) is 15.0 Å². The van der Waals surface area contributed by atoms with Crippen molar-refractivity contribution in [2.45, 2.75) is 6.54 Å². The van der Waals surface area contributed by atoms with Gasteiger partial charge in [0.15, 0.2) is 0 Å². The van der Waals surface area contributed by atoms with Gasteiger partial charge in [-0.3, -0.25) is 0 Å². The number of H-pyrrole nitrogens is 1. The lowest BCUT2D eigenvalue weighted by atomic mass is 10.1. The van der Waals surface area contributed by atoms with E-state index in [1.54, 1.807) is 12.4 Å². The molecular weight excluding hydrogens is 303 g/mol. The fourth-order valence-electron chi connectivity index (χ4n) is 2.70. The fourth-order valence-corrected chi connectivity index (χ4v) is 2.70. The standard InChI is InChI=1S/C19H15FN4/c20-15-3-1-2-13(10-15)11-22-16-6-4-14(5-7-16)18-17-8-9-21-19(17)24-12-23-18/h1-10,12,22H,11H2,(H,21,23,24). The number of rotatable bonds is 4. The van der Waals surface area contributed by atoms with Crippen LogP contribution in [0.4, 0.5) is 10.1 Å². The van der Waals surface area contributed by atoms with E-state index >= 15 is 0 Å². The minimum absolute atomic E-state index is 0.219. The molecule has 5 heteroatoms. The van der Waals surface area contributed by atoms with Crippen molar-refractivity contribution >= 4 is 16.7 Å². The molecule has 0 aliphatic rings. The van der Waals surface area contributed by atoms with Crippen LogP contribution in [0.2, 0.25) is 0 Å². The Morgan fingerprint density at radius 3 is 2.71 bits per heavy atom. The Bertz CT molecular complexity index is 976. The lowest BCUT2D eigenvalue weighted by Crippen LogP contribution is -1.99. The quantitative estimate of drug-likeness (QED) is 0.587. The fraction of sp³-hybridized carbons (Fsp3) is 0.0526. The van der Waals surface area contributed by atoms with Crippen LogP contribution >= 0.6 is 0 Å². The van der Waals surface area contributed by atoms with Crippen LogP contribution in [0.15, 0.2) is 67.1 Å². The van der Waals surface area contributed by atoms with Crippen molar-refractivity contribution in [2.24, 2.45) is 0 Å². The molecule has 0 unspecified atom stereocenters. The number of benzene rings is 2. The van der Waals surface area contributed by atoms with E-state index in [-0.39, 0.29) is 5.82 Å². The van der Waals surface area contributed by atoms with Crippen molar-refractivity contribution in [1.82, 2.24) is 15.0 Å². The summed E-state index contributed by atoms with van der Waals surface area (Å²) in [7, 11) is 0. The summed E-state index contributed by atoms with van der Waals surface area (Å²) in [5.41, 5.74) is 4.64. The first-order valence-electron chi connectivity index (χ1n) is 7.66. The average molecular weight is 318 g/mol. The van der Waals surface area contributed by atoms with Crippen molar-refractivity contribution in [1.29, 1.82) is 0 Å². The normalized spacial score (nSPS) is 10.9. The van der Waals surface area contributed by atoms with Gasteiger partial charge in [-0.25, -0.2) is 14.4 Å². The molecular formula is C19H15FN4. The van der Waals surface area contributed by atoms with E-state index in [4.69, 9.17) is 0 Å². The summed E-state index contributed by atoms with van der Waals surface area (Å²) < 4.78 is 13.2. The molecule has 0 fully saturated rings. The molecule has 0 aliphatic carbocycles. The molecule has 0 atom stereocenters. The first kappa shape index (κ1) is 14.4. The van der Waals surface area contributed by atoms with E-state index in [1.807, 2.05) is 42.6 Å². The minimum atomic E-state index is -0.219. The number of nitrogens with one attached hydrogen (secondary N) is 2. The molecule has 4 aromatic rings. The molecule has 4 rings (SSSR count). The molecule has 0 bridgehead atoms. The maximum Gasteiger partial charge on any atom is 0.141 e. The lowest BCUT2D eigenvalue weighted by Gasteiger charge is -2.08. The highest BCUT2D eigenvalue weighted by molar-refractivity contribution is 5.90. The van der Waals surface area contributed by atoms with Crippen LogP contribution in [-0.2, 0) is 6.54 Å². The predicted octanol–water partition coefficient (Wildman–Crippen LogP) is 4.38. The van der Waals surface area contributed by atoms with Gasteiger partial charge in [0.25, 0.3) is 0 Å². The molecule has 24 heavy (non-hydrogen) atoms. The second-order valence-corrected chi connectivity index (χ2v) is 5.52. The number of nitrogens with zero attached hydrogens (tertiary/aromatic N) is 2. The van der Waals surface area contributed by atoms with Crippen LogP contribution in [0.1, 0.15) is 5.56 Å². The van der Waals surface area contributed by atoms with E-state index in [1.165, 1.54) is 12.1 Å². The van der Waals surface area contributed by atoms with Gasteiger partial charge in [-0.1, -0.05) is 24.3 Å². The maximum atomic E-state index is 13.2. The largest absolute Gasteiger partial charge is 0.381 e. The Morgan fingerprint density at radius 1 is 1.00 bits per heavy atom. The smallest absolute Gasteiger partial charge is 0.141 e. The van der Waals surface area contributed by atoms with Crippen molar-refractivity contribution in [3.63, 3.8) is 0 Å². The van der Waals surface area contributed by atoms with E-state index in [0.29, 0.717) is 6.54 Å². The van der Waals surface area contributed by atoms with E-state index in [2.05, 4.69) is 20.3 Å². The van der Waals surface area contributed by atoms with E-state index in [9.17, 15) is 4.39 Å². The third-order valence-electron chi connectivity index (χ3n) is 3.90. The molecule has 2 N–H and O–H groups in total. The Labute approximate surface area is 138 Å². The molecule has 2 heterocycles. The van der Waals surface area contributed by atoms with Crippen LogP contribution in [0.25, 0.3) is 22.3 Å². The van der Waals surface area contributed by atoms with Crippen molar-refractivity contribution in [3.8, 4) is 11.3 Å². The highest BCUT2D eigenvalue weighted by atomic mass is 19.1. The molecule has 118 valence electrons. The molecule has 0 saturated carbocycles. The molecule has 2 aromatic carbocycles. The molecule has 0 radical (unpaired) electrons. The van der Waals surface area contributed by atoms with Gasteiger partial charge in [-0.2, -0.15) is 0 Å². The molecule has 0 saturated heterocycles.